The van der Waals surface area contributed by atoms with Crippen molar-refractivity contribution in [1.82, 2.24) is 9.47 Å². The number of nitrogens with one attached hydrogen (secondary N) is 1. The van der Waals surface area contributed by atoms with E-state index in [-0.39, 0.29) is 11.1 Å². The molecule has 1 aromatic heterocycles. The number of amidine groups is 1. The van der Waals surface area contributed by atoms with Crippen LogP contribution in [0.1, 0.15) is 0 Å². The topological polar surface area (TPSA) is 84.3 Å². The van der Waals surface area contributed by atoms with Gasteiger partial charge >= 0.3 is 0 Å². The minimum Gasteiger partial charge on any atom is -0.378 e. The molecule has 1 aliphatic heterocycles. The molecule has 0 atom stereocenters. The summed E-state index contributed by atoms with van der Waals surface area (Å²) in [6.45, 7) is 2.78. The van der Waals surface area contributed by atoms with E-state index in [4.69, 9.17) is 15.9 Å². The average Bonchev–Trinajstić information content (AvgIpc) is 2.86. The molecule has 0 bridgehead atoms. The molecule has 1 fully saturated rings. The largest absolute Gasteiger partial charge is 0.378 e. The van der Waals surface area contributed by atoms with E-state index in [0.717, 1.165) is 15.8 Å². The molecule has 1 amide bonds. The van der Waals surface area contributed by atoms with Gasteiger partial charge in [0.2, 0.25) is 5.91 Å². The van der Waals surface area contributed by atoms with Crippen molar-refractivity contribution in [2.24, 2.45) is 5.73 Å². The van der Waals surface area contributed by atoms with E-state index in [2.05, 4.69) is 0 Å². The highest BCUT2D eigenvalue weighted by atomic mass is 32.2. The molecule has 116 valence electrons. The molecule has 2 heterocycles. The third-order valence-corrected chi connectivity index (χ3v) is 4.41. The first-order chi connectivity index (χ1) is 10.6. The lowest BCUT2D eigenvalue weighted by Crippen LogP contribution is -2.42. The number of thioether (sulfide) groups is 1. The normalized spacial score (nSPS) is 15.2. The predicted molar refractivity (Wildman–Crippen MR) is 87.1 cm³/mol. The molecule has 1 aromatic carbocycles. The van der Waals surface area contributed by atoms with E-state index >= 15 is 0 Å². The van der Waals surface area contributed by atoms with Crippen LogP contribution in [0, 0.1) is 5.41 Å². The van der Waals surface area contributed by atoms with E-state index in [0.29, 0.717) is 32.8 Å². The summed E-state index contributed by atoms with van der Waals surface area (Å²) in [6, 6.07) is 7.85. The van der Waals surface area contributed by atoms with E-state index in [9.17, 15) is 4.79 Å². The van der Waals surface area contributed by atoms with Gasteiger partial charge in [0.15, 0.2) is 5.17 Å². The average molecular weight is 318 g/mol. The Morgan fingerprint density at radius 3 is 2.77 bits per heavy atom. The highest BCUT2D eigenvalue weighted by Gasteiger charge is 2.18. The minimum absolute atomic E-state index is 0.0439. The Labute approximate surface area is 132 Å². The van der Waals surface area contributed by atoms with Crippen LogP contribution in [0.2, 0.25) is 0 Å². The molecule has 6 nitrogen and oxygen atoms in total. The molecule has 3 N–H and O–H groups in total. The number of nitrogens with two attached hydrogens (primary N) is 1. The van der Waals surface area contributed by atoms with Gasteiger partial charge < -0.3 is 19.9 Å². The molecule has 0 saturated carbocycles. The molecule has 3 rings (SSSR count). The van der Waals surface area contributed by atoms with Crippen molar-refractivity contribution in [3.63, 3.8) is 0 Å². The first-order valence-electron chi connectivity index (χ1n) is 7.10. The number of benzene rings is 1. The summed E-state index contributed by atoms with van der Waals surface area (Å²) in [4.78, 5) is 15.1. The first kappa shape index (κ1) is 14.9. The molecular weight excluding hydrogens is 300 g/mol. The number of carbonyl (C=O) groups is 1. The summed E-state index contributed by atoms with van der Waals surface area (Å²) in [5, 5.41) is 8.52. The Morgan fingerprint density at radius 2 is 2.05 bits per heavy atom. The molecule has 1 aliphatic rings. The number of nitrogens with zero attached hydrogens (tertiary/aromatic N) is 2. The van der Waals surface area contributed by atoms with Gasteiger partial charge in [-0.05, 0) is 6.07 Å². The van der Waals surface area contributed by atoms with Crippen LogP contribution < -0.4 is 5.73 Å². The Hall–Kier alpha value is -1.99. The van der Waals surface area contributed by atoms with Crippen molar-refractivity contribution in [2.75, 3.05) is 26.3 Å². The number of aromatic nitrogens is 1. The quantitative estimate of drug-likeness (QED) is 0.510. The second-order valence-electron chi connectivity index (χ2n) is 5.10. The van der Waals surface area contributed by atoms with Crippen LogP contribution in [-0.4, -0.2) is 46.8 Å². The molecule has 22 heavy (non-hydrogen) atoms. The highest BCUT2D eigenvalue weighted by Crippen LogP contribution is 2.29. The molecule has 0 radical (unpaired) electrons. The Balaban J connectivity index is 1.86. The molecule has 0 spiro atoms. The van der Waals surface area contributed by atoms with Gasteiger partial charge in [-0.3, -0.25) is 10.2 Å². The van der Waals surface area contributed by atoms with Gasteiger partial charge in [-0.25, -0.2) is 0 Å². The zero-order chi connectivity index (χ0) is 15.5. The van der Waals surface area contributed by atoms with E-state index in [1.54, 1.807) is 0 Å². The summed E-state index contributed by atoms with van der Waals surface area (Å²) in [7, 11) is 0. The highest BCUT2D eigenvalue weighted by molar-refractivity contribution is 8.13. The second-order valence-corrected chi connectivity index (χ2v) is 6.18. The Bertz CT molecular complexity index is 707. The summed E-state index contributed by atoms with van der Waals surface area (Å²) in [5.74, 6) is 0.0865. The monoisotopic (exact) mass is 318 g/mol. The summed E-state index contributed by atoms with van der Waals surface area (Å²) in [6.07, 6.45) is 1.90. The summed E-state index contributed by atoms with van der Waals surface area (Å²) < 4.78 is 7.21. The number of hydrogen-bond donors (Lipinski definition) is 2. The van der Waals surface area contributed by atoms with E-state index in [1.807, 2.05) is 39.9 Å². The number of amides is 1. The number of para-hydroxylation sites is 1. The molecule has 7 heteroatoms. The van der Waals surface area contributed by atoms with Gasteiger partial charge in [0, 0.05) is 35.1 Å². The minimum atomic E-state index is 0.0439. The van der Waals surface area contributed by atoms with Crippen LogP contribution in [0.3, 0.4) is 0 Å². The van der Waals surface area contributed by atoms with Crippen LogP contribution in [0.4, 0.5) is 0 Å². The fourth-order valence-electron chi connectivity index (χ4n) is 2.60. The van der Waals surface area contributed by atoms with Crippen LogP contribution in [0.5, 0.6) is 0 Å². The third kappa shape index (κ3) is 3.10. The van der Waals surface area contributed by atoms with Crippen LogP contribution in [0.25, 0.3) is 10.9 Å². The second kappa shape index (κ2) is 6.41. The number of rotatable bonds is 3. The smallest absolute Gasteiger partial charge is 0.242 e. The van der Waals surface area contributed by atoms with Crippen molar-refractivity contribution >= 4 is 33.7 Å². The van der Waals surface area contributed by atoms with Crippen molar-refractivity contribution in [1.29, 1.82) is 5.41 Å². The molecule has 2 aromatic rings. The molecule has 1 saturated heterocycles. The van der Waals surface area contributed by atoms with Crippen molar-refractivity contribution < 1.29 is 9.53 Å². The lowest BCUT2D eigenvalue weighted by Gasteiger charge is -2.27. The Kier molecular flexibility index (Phi) is 4.35. The fraction of sp³-hybridized carbons (Fsp3) is 0.333. The lowest BCUT2D eigenvalue weighted by atomic mass is 10.2. The van der Waals surface area contributed by atoms with Gasteiger partial charge in [-0.1, -0.05) is 30.0 Å². The standard InChI is InChI=1S/C15H18N4O2S/c16-15(17)22-13-9-19(12-4-2-1-3-11(12)13)10-14(20)18-5-7-21-8-6-18/h1-4,9H,5-8,10H2,(H3,16,17). The molecular formula is C15H18N4O2S. The van der Waals surface area contributed by atoms with Crippen LogP contribution in [0.15, 0.2) is 35.4 Å². The first-order valence-corrected chi connectivity index (χ1v) is 7.92. The summed E-state index contributed by atoms with van der Waals surface area (Å²) in [5.41, 5.74) is 6.47. The number of morpholine rings is 1. The molecule has 0 aliphatic carbocycles. The maximum absolute atomic E-state index is 12.4. The third-order valence-electron chi connectivity index (χ3n) is 3.64. The zero-order valence-electron chi connectivity index (χ0n) is 12.1. The zero-order valence-corrected chi connectivity index (χ0v) is 12.9. The number of carbonyl (C=O) groups excluding carboxylic acids is 1. The fourth-order valence-corrected chi connectivity index (χ4v) is 3.30. The van der Waals surface area contributed by atoms with Crippen LogP contribution in [-0.2, 0) is 16.1 Å². The van der Waals surface area contributed by atoms with Gasteiger partial charge in [0.05, 0.1) is 13.2 Å². The maximum atomic E-state index is 12.4. The van der Waals surface area contributed by atoms with Crippen LogP contribution >= 0.6 is 11.8 Å². The number of ether oxygens (including phenoxy) is 1. The lowest BCUT2D eigenvalue weighted by molar-refractivity contribution is -0.135. The predicted octanol–water partition coefficient (Wildman–Crippen LogP) is 1.49. The van der Waals surface area contributed by atoms with Gasteiger partial charge in [0.25, 0.3) is 0 Å². The molecule has 0 unspecified atom stereocenters. The van der Waals surface area contributed by atoms with Crippen molar-refractivity contribution in [2.45, 2.75) is 11.4 Å². The van der Waals surface area contributed by atoms with E-state index in [1.165, 1.54) is 11.8 Å². The summed E-state index contributed by atoms with van der Waals surface area (Å²) >= 11 is 1.21. The number of hydrogen-bond acceptors (Lipinski definition) is 4. The number of fused-ring (bicyclic) bond motifs is 1. The van der Waals surface area contributed by atoms with Gasteiger partial charge in [0.1, 0.15) is 6.54 Å². The van der Waals surface area contributed by atoms with E-state index < -0.39 is 0 Å². The maximum Gasteiger partial charge on any atom is 0.242 e. The van der Waals surface area contributed by atoms with Gasteiger partial charge in [-0.15, -0.1) is 0 Å². The Morgan fingerprint density at radius 1 is 1.32 bits per heavy atom. The van der Waals surface area contributed by atoms with Gasteiger partial charge in [-0.2, -0.15) is 0 Å². The van der Waals surface area contributed by atoms with Crippen molar-refractivity contribution in [3.05, 3.63) is 30.5 Å². The van der Waals surface area contributed by atoms with Crippen molar-refractivity contribution in [3.8, 4) is 0 Å². The SMILES string of the molecule is N=C(N)Sc1cn(CC(=O)N2CCOCC2)c2ccccc12.